The minimum absolute atomic E-state index is 0.276. The van der Waals surface area contributed by atoms with Gasteiger partial charge in [-0.15, -0.1) is 0 Å². The van der Waals surface area contributed by atoms with Gasteiger partial charge in [0.1, 0.15) is 5.78 Å². The molecule has 136 valence electrons. The van der Waals surface area contributed by atoms with Crippen LogP contribution >= 0.6 is 0 Å². The van der Waals surface area contributed by atoms with Gasteiger partial charge in [0.05, 0.1) is 12.7 Å². The quantitative estimate of drug-likeness (QED) is 0.774. The van der Waals surface area contributed by atoms with E-state index in [2.05, 4.69) is 6.92 Å². The van der Waals surface area contributed by atoms with E-state index in [1.807, 2.05) is 14.2 Å². The summed E-state index contributed by atoms with van der Waals surface area (Å²) in [6.45, 7) is 3.36. The number of rotatable bonds is 3. The van der Waals surface area contributed by atoms with Crippen molar-refractivity contribution >= 4 is 5.78 Å². The standard InChI is InChI=1S/C21H34O3/c1-20-10-9-18-16(17(20)6-7-19(20)24-3)5-4-14-12-15(22)8-11-21(14,18)13-23-2/h14,16-19H,4-13H2,1-3H3/t14?,16-,17?,18?,19?,20?,21?/m0/s1. The Hall–Kier alpha value is -0.410. The summed E-state index contributed by atoms with van der Waals surface area (Å²) in [6.07, 6.45) is 10.9. The van der Waals surface area contributed by atoms with Gasteiger partial charge in [-0.25, -0.2) is 0 Å². The monoisotopic (exact) mass is 334 g/mol. The predicted molar refractivity (Wildman–Crippen MR) is 93.7 cm³/mol. The third kappa shape index (κ3) is 2.26. The van der Waals surface area contributed by atoms with Crippen LogP contribution < -0.4 is 0 Å². The normalized spacial score (nSPS) is 51.0. The molecule has 0 aromatic carbocycles. The van der Waals surface area contributed by atoms with Crippen LogP contribution in [0.15, 0.2) is 0 Å². The first kappa shape index (κ1) is 17.0. The number of methoxy groups -OCH3 is 2. The van der Waals surface area contributed by atoms with Gasteiger partial charge in [-0.2, -0.15) is 0 Å². The van der Waals surface area contributed by atoms with Crippen molar-refractivity contribution in [3.05, 3.63) is 0 Å². The van der Waals surface area contributed by atoms with Crippen molar-refractivity contribution in [1.29, 1.82) is 0 Å². The molecule has 4 saturated carbocycles. The number of ether oxygens (including phenoxy) is 2. The number of hydrogen-bond acceptors (Lipinski definition) is 3. The van der Waals surface area contributed by atoms with Crippen LogP contribution in [0.3, 0.4) is 0 Å². The Morgan fingerprint density at radius 1 is 1.04 bits per heavy atom. The molecular formula is C21H34O3. The zero-order valence-electron chi connectivity index (χ0n) is 15.7. The van der Waals surface area contributed by atoms with Gasteiger partial charge in [0.2, 0.25) is 0 Å². The average Bonchev–Trinajstić information content (AvgIpc) is 2.92. The predicted octanol–water partition coefficient (Wildman–Crippen LogP) is 4.24. The van der Waals surface area contributed by atoms with Gasteiger partial charge < -0.3 is 9.47 Å². The van der Waals surface area contributed by atoms with E-state index in [4.69, 9.17) is 9.47 Å². The lowest BCUT2D eigenvalue weighted by molar-refractivity contribution is -0.160. The largest absolute Gasteiger partial charge is 0.384 e. The van der Waals surface area contributed by atoms with Crippen molar-refractivity contribution in [3.63, 3.8) is 0 Å². The van der Waals surface area contributed by atoms with Crippen LogP contribution in [0.2, 0.25) is 0 Å². The molecule has 0 saturated heterocycles. The lowest BCUT2D eigenvalue weighted by Crippen LogP contribution is -2.57. The fourth-order valence-corrected chi connectivity index (χ4v) is 7.74. The zero-order valence-corrected chi connectivity index (χ0v) is 15.7. The van der Waals surface area contributed by atoms with Crippen molar-refractivity contribution in [3.8, 4) is 0 Å². The van der Waals surface area contributed by atoms with E-state index < -0.39 is 0 Å². The fraction of sp³-hybridized carbons (Fsp3) is 0.952. The molecule has 6 unspecified atom stereocenters. The van der Waals surface area contributed by atoms with Gasteiger partial charge in [-0.3, -0.25) is 4.79 Å². The molecule has 3 nitrogen and oxygen atoms in total. The van der Waals surface area contributed by atoms with Crippen LogP contribution in [-0.2, 0) is 14.3 Å². The maximum atomic E-state index is 12.1. The highest BCUT2D eigenvalue weighted by atomic mass is 16.5. The molecule has 24 heavy (non-hydrogen) atoms. The summed E-state index contributed by atoms with van der Waals surface area (Å²) in [5.74, 6) is 3.46. The van der Waals surface area contributed by atoms with Gasteiger partial charge >= 0.3 is 0 Å². The molecule has 4 rings (SSSR count). The maximum Gasteiger partial charge on any atom is 0.133 e. The maximum absolute atomic E-state index is 12.1. The summed E-state index contributed by atoms with van der Waals surface area (Å²) in [6, 6.07) is 0. The van der Waals surface area contributed by atoms with Crippen LogP contribution in [0.25, 0.3) is 0 Å². The van der Waals surface area contributed by atoms with E-state index in [9.17, 15) is 4.79 Å². The topological polar surface area (TPSA) is 35.5 Å². The SMILES string of the molecule is COCC12CCC(=O)CC1CC[C@H]1C3CCC(OC)C3(C)CCC12. The van der Waals surface area contributed by atoms with Crippen LogP contribution in [0.1, 0.15) is 64.7 Å². The lowest BCUT2D eigenvalue weighted by atomic mass is 9.45. The third-order valence-electron chi connectivity index (χ3n) is 8.79. The molecule has 0 N–H and O–H groups in total. The molecule has 0 amide bonds. The van der Waals surface area contributed by atoms with Gasteiger partial charge in [0.15, 0.2) is 0 Å². The van der Waals surface area contributed by atoms with Gasteiger partial charge in [0.25, 0.3) is 0 Å². The van der Waals surface area contributed by atoms with E-state index in [0.29, 0.717) is 23.2 Å². The molecule has 4 fully saturated rings. The van der Waals surface area contributed by atoms with Crippen LogP contribution in [0.4, 0.5) is 0 Å². The van der Waals surface area contributed by atoms with Crippen molar-refractivity contribution in [2.24, 2.45) is 34.5 Å². The van der Waals surface area contributed by atoms with E-state index in [-0.39, 0.29) is 5.41 Å². The van der Waals surface area contributed by atoms with E-state index in [1.54, 1.807) is 0 Å². The van der Waals surface area contributed by atoms with Crippen LogP contribution in [0.5, 0.6) is 0 Å². The lowest BCUT2D eigenvalue weighted by Gasteiger charge is -2.60. The molecule has 0 bridgehead atoms. The highest BCUT2D eigenvalue weighted by Gasteiger charge is 2.61. The summed E-state index contributed by atoms with van der Waals surface area (Å²) in [5, 5.41) is 0. The molecule has 0 heterocycles. The molecular weight excluding hydrogens is 300 g/mol. The van der Waals surface area contributed by atoms with E-state index in [1.165, 1.54) is 38.5 Å². The molecule has 0 aromatic rings. The third-order valence-corrected chi connectivity index (χ3v) is 8.79. The molecule has 0 spiro atoms. The second kappa shape index (κ2) is 6.09. The smallest absolute Gasteiger partial charge is 0.133 e. The first-order valence-corrected chi connectivity index (χ1v) is 10.1. The van der Waals surface area contributed by atoms with Gasteiger partial charge in [0, 0.05) is 32.5 Å². The summed E-state index contributed by atoms with van der Waals surface area (Å²) in [5.41, 5.74) is 0.652. The van der Waals surface area contributed by atoms with Crippen molar-refractivity contribution < 1.29 is 14.3 Å². The van der Waals surface area contributed by atoms with Crippen LogP contribution in [0, 0.1) is 34.5 Å². The van der Waals surface area contributed by atoms with Crippen molar-refractivity contribution in [1.82, 2.24) is 0 Å². The first-order chi connectivity index (χ1) is 11.5. The Balaban J connectivity index is 1.65. The number of fused-ring (bicyclic) bond motifs is 5. The molecule has 0 aromatic heterocycles. The minimum Gasteiger partial charge on any atom is -0.384 e. The second-order valence-electron chi connectivity index (χ2n) is 9.41. The number of carbonyl (C=O) groups excluding carboxylic acids is 1. The Morgan fingerprint density at radius 2 is 1.88 bits per heavy atom. The summed E-state index contributed by atoms with van der Waals surface area (Å²) in [4.78, 5) is 12.1. The highest BCUT2D eigenvalue weighted by Crippen LogP contribution is 2.66. The Labute approximate surface area is 146 Å². The fourth-order valence-electron chi connectivity index (χ4n) is 7.74. The number of Topliss-reactive ketones (excluding diaryl/α,β-unsaturated/α-hetero) is 1. The number of ketones is 1. The summed E-state index contributed by atoms with van der Waals surface area (Å²) >= 11 is 0. The Kier molecular flexibility index (Phi) is 4.32. The number of carbonyl (C=O) groups is 1. The Morgan fingerprint density at radius 3 is 2.62 bits per heavy atom. The first-order valence-electron chi connectivity index (χ1n) is 10.1. The minimum atomic E-state index is 0.276. The molecule has 0 radical (unpaired) electrons. The second-order valence-corrected chi connectivity index (χ2v) is 9.41. The van der Waals surface area contributed by atoms with Crippen molar-refractivity contribution in [2.45, 2.75) is 70.8 Å². The van der Waals surface area contributed by atoms with E-state index >= 15 is 0 Å². The molecule has 7 atom stereocenters. The average molecular weight is 335 g/mol. The zero-order chi connectivity index (χ0) is 16.9. The van der Waals surface area contributed by atoms with Crippen LogP contribution in [-0.4, -0.2) is 32.7 Å². The number of hydrogen-bond donors (Lipinski definition) is 0. The summed E-state index contributed by atoms with van der Waals surface area (Å²) < 4.78 is 11.7. The molecule has 0 aliphatic heterocycles. The highest BCUT2D eigenvalue weighted by molar-refractivity contribution is 5.79. The van der Waals surface area contributed by atoms with Gasteiger partial charge in [-0.1, -0.05) is 6.92 Å². The van der Waals surface area contributed by atoms with E-state index in [0.717, 1.165) is 43.6 Å². The Bertz CT molecular complexity index is 503. The van der Waals surface area contributed by atoms with Crippen molar-refractivity contribution in [2.75, 3.05) is 20.8 Å². The summed E-state index contributed by atoms with van der Waals surface area (Å²) in [7, 11) is 3.76. The molecule has 4 aliphatic carbocycles. The molecule has 4 aliphatic rings. The van der Waals surface area contributed by atoms with Gasteiger partial charge in [-0.05, 0) is 74.0 Å². The molecule has 3 heteroatoms.